The van der Waals surface area contributed by atoms with Crippen molar-refractivity contribution in [1.29, 1.82) is 0 Å². The van der Waals surface area contributed by atoms with Gasteiger partial charge in [-0.2, -0.15) is 0 Å². The number of rotatable bonds is 5. The minimum absolute atomic E-state index is 0.0379. The highest BCUT2D eigenvalue weighted by molar-refractivity contribution is 4.79. The van der Waals surface area contributed by atoms with Gasteiger partial charge >= 0.3 is 0 Å². The monoisotopic (exact) mass is 227 g/mol. The molecule has 1 aliphatic rings. The van der Waals surface area contributed by atoms with Crippen molar-refractivity contribution < 1.29 is 5.11 Å². The summed E-state index contributed by atoms with van der Waals surface area (Å²) in [5.74, 6) is 2.27. The first-order chi connectivity index (χ1) is 7.50. The molecule has 0 unspecified atom stereocenters. The van der Waals surface area contributed by atoms with Crippen molar-refractivity contribution in [3.8, 4) is 0 Å². The smallest absolute Gasteiger partial charge is 0.0541 e. The second-order valence-corrected chi connectivity index (χ2v) is 6.07. The Labute approximate surface area is 101 Å². The fourth-order valence-corrected chi connectivity index (χ4v) is 2.82. The summed E-state index contributed by atoms with van der Waals surface area (Å²) in [4.78, 5) is 0. The maximum Gasteiger partial charge on any atom is 0.0541 e. The summed E-state index contributed by atoms with van der Waals surface area (Å²) in [6.07, 6.45) is 4.20. The van der Waals surface area contributed by atoms with Gasteiger partial charge in [0.05, 0.1) is 6.10 Å². The van der Waals surface area contributed by atoms with Gasteiger partial charge < -0.3 is 10.4 Å². The van der Waals surface area contributed by atoms with E-state index in [-0.39, 0.29) is 6.10 Å². The quantitative estimate of drug-likeness (QED) is 0.757. The molecule has 0 aromatic heterocycles. The largest absolute Gasteiger partial charge is 0.393 e. The van der Waals surface area contributed by atoms with Gasteiger partial charge in [-0.05, 0) is 50.0 Å². The summed E-state index contributed by atoms with van der Waals surface area (Å²) >= 11 is 0. The van der Waals surface area contributed by atoms with Crippen LogP contribution in [0.15, 0.2) is 0 Å². The molecule has 16 heavy (non-hydrogen) atoms. The Kier molecular flexibility index (Phi) is 5.77. The van der Waals surface area contributed by atoms with Crippen LogP contribution in [0.2, 0.25) is 0 Å². The Morgan fingerprint density at radius 1 is 1.00 bits per heavy atom. The molecule has 0 aromatic carbocycles. The molecule has 2 N–H and O–H groups in total. The van der Waals surface area contributed by atoms with E-state index < -0.39 is 0 Å². The summed E-state index contributed by atoms with van der Waals surface area (Å²) in [6, 6.07) is 0.642. The number of aliphatic hydroxyl groups is 1. The van der Waals surface area contributed by atoms with Gasteiger partial charge in [0, 0.05) is 6.04 Å². The number of hydrogen-bond donors (Lipinski definition) is 2. The van der Waals surface area contributed by atoms with Crippen molar-refractivity contribution in [2.75, 3.05) is 6.54 Å². The molecule has 0 aromatic rings. The van der Waals surface area contributed by atoms with Crippen molar-refractivity contribution in [3.63, 3.8) is 0 Å². The van der Waals surface area contributed by atoms with E-state index >= 15 is 0 Å². The van der Waals surface area contributed by atoms with Crippen molar-refractivity contribution in [1.82, 2.24) is 5.32 Å². The zero-order valence-corrected chi connectivity index (χ0v) is 11.4. The minimum atomic E-state index is -0.0379. The number of hydrogen-bond acceptors (Lipinski definition) is 2. The molecule has 0 atom stereocenters. The maximum absolute atomic E-state index is 9.45. The first-order valence-corrected chi connectivity index (χ1v) is 6.92. The van der Waals surface area contributed by atoms with Gasteiger partial charge in [-0.3, -0.25) is 0 Å². The predicted octanol–water partition coefficient (Wildman–Crippen LogP) is 2.81. The molecule has 2 heteroatoms. The topological polar surface area (TPSA) is 32.3 Å². The molecule has 0 radical (unpaired) electrons. The molecular weight excluding hydrogens is 198 g/mol. The molecule has 0 saturated heterocycles. The van der Waals surface area contributed by atoms with Crippen LogP contribution in [0.5, 0.6) is 0 Å². The van der Waals surface area contributed by atoms with Crippen LogP contribution in [0.25, 0.3) is 0 Å². The standard InChI is InChI=1S/C14H29NO/c1-10(2)14(11(3)4)9-15-12-5-7-13(16)8-6-12/h10-16H,5-9H2,1-4H3. The van der Waals surface area contributed by atoms with Gasteiger partial charge in [0.25, 0.3) is 0 Å². The normalized spacial score (nSPS) is 27.0. The Balaban J connectivity index is 2.27. The third-order valence-electron chi connectivity index (χ3n) is 4.05. The summed E-state index contributed by atoms with van der Waals surface area (Å²) in [6.45, 7) is 10.4. The molecule has 1 aliphatic carbocycles. The molecular formula is C14H29NO. The summed E-state index contributed by atoms with van der Waals surface area (Å²) in [5, 5.41) is 13.1. The highest BCUT2D eigenvalue weighted by atomic mass is 16.3. The fraction of sp³-hybridized carbons (Fsp3) is 1.00. The van der Waals surface area contributed by atoms with Gasteiger partial charge in [0.1, 0.15) is 0 Å². The van der Waals surface area contributed by atoms with E-state index in [1.807, 2.05) is 0 Å². The Bertz CT molecular complexity index is 175. The lowest BCUT2D eigenvalue weighted by atomic mass is 9.84. The van der Waals surface area contributed by atoms with Crippen molar-refractivity contribution in [2.24, 2.45) is 17.8 Å². The second-order valence-electron chi connectivity index (χ2n) is 6.07. The van der Waals surface area contributed by atoms with Crippen LogP contribution in [0, 0.1) is 17.8 Å². The first-order valence-electron chi connectivity index (χ1n) is 6.92. The highest BCUT2D eigenvalue weighted by Crippen LogP contribution is 2.22. The van der Waals surface area contributed by atoms with Crippen LogP contribution in [0.4, 0.5) is 0 Å². The fourth-order valence-electron chi connectivity index (χ4n) is 2.82. The van der Waals surface area contributed by atoms with Gasteiger partial charge in [-0.1, -0.05) is 27.7 Å². The molecule has 1 saturated carbocycles. The van der Waals surface area contributed by atoms with E-state index in [0.717, 1.165) is 50.0 Å². The minimum Gasteiger partial charge on any atom is -0.393 e. The van der Waals surface area contributed by atoms with Crippen LogP contribution in [0.1, 0.15) is 53.4 Å². The molecule has 1 fully saturated rings. The van der Waals surface area contributed by atoms with Gasteiger partial charge in [-0.25, -0.2) is 0 Å². The molecule has 0 heterocycles. The lowest BCUT2D eigenvalue weighted by Crippen LogP contribution is -2.39. The first kappa shape index (κ1) is 14.0. The Hall–Kier alpha value is -0.0800. The van der Waals surface area contributed by atoms with Crippen molar-refractivity contribution >= 4 is 0 Å². The molecule has 0 amide bonds. The number of nitrogens with one attached hydrogen (secondary N) is 1. The van der Waals surface area contributed by atoms with Crippen LogP contribution >= 0.6 is 0 Å². The summed E-state index contributed by atoms with van der Waals surface area (Å²) in [7, 11) is 0. The van der Waals surface area contributed by atoms with Gasteiger partial charge in [-0.15, -0.1) is 0 Å². The van der Waals surface area contributed by atoms with E-state index in [0.29, 0.717) is 6.04 Å². The lowest BCUT2D eigenvalue weighted by molar-refractivity contribution is 0.114. The SMILES string of the molecule is CC(C)C(CNC1CCC(O)CC1)C(C)C. The average Bonchev–Trinajstić information content (AvgIpc) is 2.20. The van der Waals surface area contributed by atoms with Gasteiger partial charge in [0.2, 0.25) is 0 Å². The second kappa shape index (κ2) is 6.61. The van der Waals surface area contributed by atoms with Crippen LogP contribution < -0.4 is 5.32 Å². The maximum atomic E-state index is 9.45. The molecule has 96 valence electrons. The van der Waals surface area contributed by atoms with E-state index in [1.165, 1.54) is 0 Å². The Morgan fingerprint density at radius 2 is 1.50 bits per heavy atom. The van der Waals surface area contributed by atoms with E-state index in [9.17, 15) is 5.11 Å². The third kappa shape index (κ3) is 4.42. The van der Waals surface area contributed by atoms with Crippen LogP contribution in [-0.4, -0.2) is 23.8 Å². The van der Waals surface area contributed by atoms with Crippen LogP contribution in [0.3, 0.4) is 0 Å². The van der Waals surface area contributed by atoms with E-state index in [2.05, 4.69) is 33.0 Å². The summed E-state index contributed by atoms with van der Waals surface area (Å²) < 4.78 is 0. The molecule has 1 rings (SSSR count). The van der Waals surface area contributed by atoms with E-state index in [4.69, 9.17) is 0 Å². The average molecular weight is 227 g/mol. The molecule has 2 nitrogen and oxygen atoms in total. The zero-order valence-electron chi connectivity index (χ0n) is 11.4. The zero-order chi connectivity index (χ0) is 12.1. The van der Waals surface area contributed by atoms with Crippen LogP contribution in [-0.2, 0) is 0 Å². The van der Waals surface area contributed by atoms with Gasteiger partial charge in [0.15, 0.2) is 0 Å². The lowest BCUT2D eigenvalue weighted by Gasteiger charge is -2.31. The summed E-state index contributed by atoms with van der Waals surface area (Å²) in [5.41, 5.74) is 0. The molecule has 0 aliphatic heterocycles. The van der Waals surface area contributed by atoms with Crippen molar-refractivity contribution in [2.45, 2.75) is 65.5 Å². The molecule has 0 bridgehead atoms. The molecule has 0 spiro atoms. The van der Waals surface area contributed by atoms with Crippen molar-refractivity contribution in [3.05, 3.63) is 0 Å². The predicted molar refractivity (Wildman–Crippen MR) is 69.4 cm³/mol. The Morgan fingerprint density at radius 3 is 1.94 bits per heavy atom. The third-order valence-corrected chi connectivity index (χ3v) is 4.05. The highest BCUT2D eigenvalue weighted by Gasteiger charge is 2.22. The number of aliphatic hydroxyl groups excluding tert-OH is 1. The van der Waals surface area contributed by atoms with E-state index in [1.54, 1.807) is 0 Å².